The van der Waals surface area contributed by atoms with E-state index >= 15 is 0 Å². The molecule has 0 radical (unpaired) electrons. The number of oxazole rings is 1. The summed E-state index contributed by atoms with van der Waals surface area (Å²) in [6.07, 6.45) is 1.25. The number of aromatic nitrogens is 1. The maximum absolute atomic E-state index is 12.1. The standard InChI is InChI=1S/C17H14N2O5/c1-22-12-7-5-11(6-8-12)19-15(20)9-23-17(21)13-3-2-4-14-16(13)18-10-24-14/h2-8,10H,9H2,1H3,(H,19,20). The van der Waals surface area contributed by atoms with E-state index in [-0.39, 0.29) is 5.56 Å². The average molecular weight is 326 g/mol. The van der Waals surface area contributed by atoms with Crippen molar-refractivity contribution < 1.29 is 23.5 Å². The van der Waals surface area contributed by atoms with Crippen LogP contribution in [0.1, 0.15) is 10.4 Å². The highest BCUT2D eigenvalue weighted by molar-refractivity contribution is 6.02. The van der Waals surface area contributed by atoms with Crippen molar-refractivity contribution in [3.05, 3.63) is 54.4 Å². The summed E-state index contributed by atoms with van der Waals surface area (Å²) >= 11 is 0. The molecule has 1 heterocycles. The second-order valence-electron chi connectivity index (χ2n) is 4.86. The van der Waals surface area contributed by atoms with Crippen molar-refractivity contribution in [2.75, 3.05) is 19.0 Å². The summed E-state index contributed by atoms with van der Waals surface area (Å²) < 4.78 is 15.2. The number of rotatable bonds is 5. The Hall–Kier alpha value is -3.35. The molecule has 7 nitrogen and oxygen atoms in total. The molecule has 0 aliphatic carbocycles. The predicted octanol–water partition coefficient (Wildman–Crippen LogP) is 2.63. The predicted molar refractivity (Wildman–Crippen MR) is 85.9 cm³/mol. The maximum atomic E-state index is 12.1. The van der Waals surface area contributed by atoms with Gasteiger partial charge >= 0.3 is 5.97 Å². The van der Waals surface area contributed by atoms with Crippen LogP contribution < -0.4 is 10.1 Å². The number of ether oxygens (including phenoxy) is 2. The van der Waals surface area contributed by atoms with Crippen LogP contribution in [0.2, 0.25) is 0 Å². The number of carbonyl (C=O) groups excluding carboxylic acids is 2. The van der Waals surface area contributed by atoms with Crippen molar-refractivity contribution in [3.8, 4) is 5.75 Å². The van der Waals surface area contributed by atoms with E-state index in [0.29, 0.717) is 22.5 Å². The van der Waals surface area contributed by atoms with Gasteiger partial charge in [-0.15, -0.1) is 0 Å². The van der Waals surface area contributed by atoms with Gasteiger partial charge in [-0.25, -0.2) is 9.78 Å². The lowest BCUT2D eigenvalue weighted by Gasteiger charge is -2.07. The zero-order valence-electron chi connectivity index (χ0n) is 12.8. The molecule has 0 saturated carbocycles. The second kappa shape index (κ2) is 6.82. The zero-order chi connectivity index (χ0) is 16.9. The van der Waals surface area contributed by atoms with Gasteiger partial charge in [0.2, 0.25) is 0 Å². The van der Waals surface area contributed by atoms with Crippen molar-refractivity contribution in [1.29, 1.82) is 0 Å². The summed E-state index contributed by atoms with van der Waals surface area (Å²) in [5.74, 6) is -0.402. The molecular weight excluding hydrogens is 312 g/mol. The minimum absolute atomic E-state index is 0.249. The topological polar surface area (TPSA) is 90.7 Å². The Labute approximate surface area is 137 Å². The number of hydrogen-bond acceptors (Lipinski definition) is 6. The van der Waals surface area contributed by atoms with Crippen LogP contribution in [0.4, 0.5) is 5.69 Å². The summed E-state index contributed by atoms with van der Waals surface area (Å²) in [6, 6.07) is 11.7. The number of anilines is 1. The smallest absolute Gasteiger partial charge is 0.340 e. The Balaban J connectivity index is 1.59. The molecule has 1 aromatic heterocycles. The number of nitrogens with one attached hydrogen (secondary N) is 1. The fourth-order valence-corrected chi connectivity index (χ4v) is 2.13. The minimum Gasteiger partial charge on any atom is -0.497 e. The normalized spacial score (nSPS) is 10.4. The number of benzene rings is 2. The number of amides is 1. The number of carbonyl (C=O) groups is 2. The first-order valence-electron chi connectivity index (χ1n) is 7.10. The summed E-state index contributed by atoms with van der Waals surface area (Å²) in [5, 5.41) is 2.63. The van der Waals surface area contributed by atoms with Gasteiger partial charge in [-0.05, 0) is 36.4 Å². The van der Waals surface area contributed by atoms with Gasteiger partial charge in [-0.2, -0.15) is 0 Å². The number of esters is 1. The Morgan fingerprint density at radius 1 is 1.17 bits per heavy atom. The first kappa shape index (κ1) is 15.5. The van der Waals surface area contributed by atoms with Gasteiger partial charge in [0.1, 0.15) is 11.3 Å². The highest BCUT2D eigenvalue weighted by atomic mass is 16.5. The Kier molecular flexibility index (Phi) is 4.42. The van der Waals surface area contributed by atoms with E-state index in [1.807, 2.05) is 0 Å². The Morgan fingerprint density at radius 2 is 1.96 bits per heavy atom. The summed E-state index contributed by atoms with van der Waals surface area (Å²) in [7, 11) is 1.56. The minimum atomic E-state index is -0.639. The van der Waals surface area contributed by atoms with Crippen LogP contribution in [-0.2, 0) is 9.53 Å². The molecule has 0 spiro atoms. The summed E-state index contributed by atoms with van der Waals surface area (Å²) in [4.78, 5) is 27.9. The molecule has 7 heteroatoms. The molecule has 0 unspecified atom stereocenters. The van der Waals surface area contributed by atoms with E-state index in [1.165, 1.54) is 6.39 Å². The lowest BCUT2D eigenvalue weighted by atomic mass is 10.2. The third-order valence-electron chi connectivity index (χ3n) is 3.29. The van der Waals surface area contributed by atoms with Gasteiger partial charge in [0.05, 0.1) is 12.7 Å². The number of fused-ring (bicyclic) bond motifs is 1. The summed E-state index contributed by atoms with van der Waals surface area (Å²) in [6.45, 7) is -0.404. The molecule has 0 atom stereocenters. The van der Waals surface area contributed by atoms with Gasteiger partial charge in [0, 0.05) is 5.69 Å². The highest BCUT2D eigenvalue weighted by Crippen LogP contribution is 2.18. The molecule has 3 rings (SSSR count). The molecule has 0 aliphatic heterocycles. The first-order valence-corrected chi connectivity index (χ1v) is 7.10. The third kappa shape index (κ3) is 3.35. The van der Waals surface area contributed by atoms with Crippen LogP contribution in [0.3, 0.4) is 0 Å². The van der Waals surface area contributed by atoms with Crippen LogP contribution >= 0.6 is 0 Å². The van der Waals surface area contributed by atoms with Crippen molar-refractivity contribution in [3.63, 3.8) is 0 Å². The largest absolute Gasteiger partial charge is 0.497 e. The molecular formula is C17H14N2O5. The van der Waals surface area contributed by atoms with E-state index in [1.54, 1.807) is 49.6 Å². The Bertz CT molecular complexity index is 870. The first-order chi connectivity index (χ1) is 11.7. The quantitative estimate of drug-likeness (QED) is 0.725. The van der Waals surface area contributed by atoms with E-state index in [0.717, 1.165) is 0 Å². The lowest BCUT2D eigenvalue weighted by molar-refractivity contribution is -0.119. The van der Waals surface area contributed by atoms with Gasteiger partial charge in [-0.1, -0.05) is 6.07 Å². The second-order valence-corrected chi connectivity index (χ2v) is 4.86. The van der Waals surface area contributed by atoms with Crippen LogP contribution in [-0.4, -0.2) is 30.6 Å². The third-order valence-corrected chi connectivity index (χ3v) is 3.29. The average Bonchev–Trinajstić information content (AvgIpc) is 3.09. The molecule has 1 amide bonds. The molecule has 0 saturated heterocycles. The number of para-hydroxylation sites is 1. The molecule has 0 fully saturated rings. The number of nitrogens with zero attached hydrogens (tertiary/aromatic N) is 1. The zero-order valence-corrected chi connectivity index (χ0v) is 12.8. The van der Waals surface area contributed by atoms with E-state index in [4.69, 9.17) is 13.9 Å². The van der Waals surface area contributed by atoms with Gasteiger partial charge in [0.15, 0.2) is 18.6 Å². The van der Waals surface area contributed by atoms with Gasteiger partial charge in [0.25, 0.3) is 5.91 Å². The fraction of sp³-hybridized carbons (Fsp3) is 0.118. The number of methoxy groups -OCH3 is 1. The van der Waals surface area contributed by atoms with Crippen LogP contribution in [0, 0.1) is 0 Å². The summed E-state index contributed by atoms with van der Waals surface area (Å²) in [5.41, 5.74) is 1.71. The van der Waals surface area contributed by atoms with Crippen molar-refractivity contribution in [2.45, 2.75) is 0 Å². The molecule has 24 heavy (non-hydrogen) atoms. The molecule has 0 aliphatic rings. The van der Waals surface area contributed by atoms with Crippen LogP contribution in [0.25, 0.3) is 11.1 Å². The maximum Gasteiger partial charge on any atom is 0.340 e. The lowest BCUT2D eigenvalue weighted by Crippen LogP contribution is -2.21. The fourth-order valence-electron chi connectivity index (χ4n) is 2.13. The molecule has 0 bridgehead atoms. The molecule has 2 aromatic carbocycles. The molecule has 122 valence electrons. The van der Waals surface area contributed by atoms with Crippen LogP contribution in [0.5, 0.6) is 5.75 Å². The van der Waals surface area contributed by atoms with Gasteiger partial charge < -0.3 is 19.2 Å². The van der Waals surface area contributed by atoms with Crippen LogP contribution in [0.15, 0.2) is 53.3 Å². The van der Waals surface area contributed by atoms with Crippen molar-refractivity contribution >= 4 is 28.7 Å². The molecule has 3 aromatic rings. The van der Waals surface area contributed by atoms with E-state index in [2.05, 4.69) is 10.3 Å². The highest BCUT2D eigenvalue weighted by Gasteiger charge is 2.15. The van der Waals surface area contributed by atoms with Crippen molar-refractivity contribution in [2.24, 2.45) is 0 Å². The monoisotopic (exact) mass is 326 g/mol. The van der Waals surface area contributed by atoms with Gasteiger partial charge in [-0.3, -0.25) is 4.79 Å². The SMILES string of the molecule is COc1ccc(NC(=O)COC(=O)c2cccc3ocnc23)cc1. The van der Waals surface area contributed by atoms with E-state index < -0.39 is 18.5 Å². The number of hydrogen-bond donors (Lipinski definition) is 1. The van der Waals surface area contributed by atoms with E-state index in [9.17, 15) is 9.59 Å². The Morgan fingerprint density at radius 3 is 2.71 bits per heavy atom. The van der Waals surface area contributed by atoms with Crippen molar-refractivity contribution in [1.82, 2.24) is 4.98 Å². The molecule has 1 N–H and O–H groups in total.